The summed E-state index contributed by atoms with van der Waals surface area (Å²) in [5, 5.41) is 20.2. The van der Waals surface area contributed by atoms with E-state index in [0.29, 0.717) is 29.6 Å². The predicted molar refractivity (Wildman–Crippen MR) is 104 cm³/mol. The van der Waals surface area contributed by atoms with Crippen LogP contribution in [-0.2, 0) is 11.3 Å². The number of aliphatic hydroxyl groups is 1. The van der Waals surface area contributed by atoms with E-state index in [2.05, 4.69) is 20.7 Å². The van der Waals surface area contributed by atoms with Crippen LogP contribution in [0.25, 0.3) is 5.82 Å². The van der Waals surface area contributed by atoms with E-state index in [-0.39, 0.29) is 11.7 Å². The summed E-state index contributed by atoms with van der Waals surface area (Å²) in [6.45, 7) is 5.30. The highest BCUT2D eigenvalue weighted by Crippen LogP contribution is 2.21. The van der Waals surface area contributed by atoms with E-state index in [0.717, 1.165) is 11.1 Å². The number of pyridine rings is 1. The largest absolute Gasteiger partial charge is 0.387 e. The molecule has 3 rings (SSSR count). The fourth-order valence-electron chi connectivity index (χ4n) is 2.77. The molecule has 1 unspecified atom stereocenters. The van der Waals surface area contributed by atoms with Crippen molar-refractivity contribution >= 4 is 17.4 Å². The number of halogens is 1. The monoisotopic (exact) mass is 383 g/mol. The summed E-state index contributed by atoms with van der Waals surface area (Å²) in [6.07, 6.45) is 1.09. The molecule has 3 N–H and O–H groups in total. The van der Waals surface area contributed by atoms with Crippen LogP contribution >= 0.6 is 0 Å². The second kappa shape index (κ2) is 8.18. The van der Waals surface area contributed by atoms with E-state index in [1.165, 1.54) is 19.1 Å². The SMILES string of the molecule is CC(=O)NCc1cc(Nc2ccc(F)cc2)nc(-n2cc(C)c(C(C)O)n2)c1. The number of rotatable bonds is 6. The third-order valence-corrected chi connectivity index (χ3v) is 4.10. The van der Waals surface area contributed by atoms with Gasteiger partial charge in [-0.1, -0.05) is 0 Å². The van der Waals surface area contributed by atoms with Crippen molar-refractivity contribution < 1.29 is 14.3 Å². The van der Waals surface area contributed by atoms with Gasteiger partial charge in [0.15, 0.2) is 5.82 Å². The van der Waals surface area contributed by atoms with Crippen LogP contribution < -0.4 is 10.6 Å². The maximum atomic E-state index is 13.1. The van der Waals surface area contributed by atoms with E-state index < -0.39 is 6.10 Å². The Hall–Kier alpha value is -3.26. The van der Waals surface area contributed by atoms with Crippen LogP contribution in [-0.4, -0.2) is 25.8 Å². The van der Waals surface area contributed by atoms with Gasteiger partial charge in [0.05, 0.1) is 11.8 Å². The van der Waals surface area contributed by atoms with Gasteiger partial charge in [0.25, 0.3) is 0 Å². The first-order valence-corrected chi connectivity index (χ1v) is 8.84. The van der Waals surface area contributed by atoms with Crippen LogP contribution in [0.2, 0.25) is 0 Å². The molecule has 1 atom stereocenters. The van der Waals surface area contributed by atoms with Crippen molar-refractivity contribution in [3.8, 4) is 5.82 Å². The van der Waals surface area contributed by atoms with Crippen LogP contribution in [0, 0.1) is 12.7 Å². The number of aryl methyl sites for hydroxylation is 1. The second-order valence-electron chi connectivity index (χ2n) is 6.58. The number of carbonyl (C=O) groups excluding carboxylic acids is 1. The first-order valence-electron chi connectivity index (χ1n) is 8.84. The van der Waals surface area contributed by atoms with Gasteiger partial charge in [0, 0.05) is 25.4 Å². The minimum Gasteiger partial charge on any atom is -0.387 e. The van der Waals surface area contributed by atoms with E-state index in [1.54, 1.807) is 36.0 Å². The van der Waals surface area contributed by atoms with Crippen molar-refractivity contribution in [3.63, 3.8) is 0 Å². The van der Waals surface area contributed by atoms with Crippen LogP contribution in [0.1, 0.15) is 36.8 Å². The number of benzene rings is 1. The number of nitrogens with zero attached hydrogens (tertiary/aromatic N) is 3. The molecular formula is C20H22FN5O2. The van der Waals surface area contributed by atoms with Gasteiger partial charge in [-0.15, -0.1) is 0 Å². The van der Waals surface area contributed by atoms with Gasteiger partial charge in [0.2, 0.25) is 5.91 Å². The number of hydrogen-bond donors (Lipinski definition) is 3. The molecular weight excluding hydrogens is 361 g/mol. The quantitative estimate of drug-likeness (QED) is 0.608. The number of amides is 1. The second-order valence-corrected chi connectivity index (χ2v) is 6.58. The fraction of sp³-hybridized carbons (Fsp3) is 0.250. The van der Waals surface area contributed by atoms with Crippen LogP contribution in [0.3, 0.4) is 0 Å². The van der Waals surface area contributed by atoms with E-state index >= 15 is 0 Å². The fourth-order valence-corrected chi connectivity index (χ4v) is 2.77. The van der Waals surface area contributed by atoms with Crippen LogP contribution in [0.5, 0.6) is 0 Å². The number of aliphatic hydroxyl groups excluding tert-OH is 1. The maximum absolute atomic E-state index is 13.1. The molecule has 7 nitrogen and oxygen atoms in total. The standard InChI is InChI=1S/C20H22FN5O2/c1-12-11-26(25-20(12)13(2)27)19-9-15(10-22-14(3)28)8-18(24-19)23-17-6-4-16(21)5-7-17/h4-9,11,13,27H,10H2,1-3H3,(H,22,28)(H,23,24). The summed E-state index contributed by atoms with van der Waals surface area (Å²) in [5.41, 5.74) is 2.91. The van der Waals surface area contributed by atoms with Gasteiger partial charge in [0.1, 0.15) is 11.6 Å². The lowest BCUT2D eigenvalue weighted by molar-refractivity contribution is -0.119. The third-order valence-electron chi connectivity index (χ3n) is 4.10. The van der Waals surface area contributed by atoms with Gasteiger partial charge >= 0.3 is 0 Å². The van der Waals surface area contributed by atoms with E-state index in [9.17, 15) is 14.3 Å². The highest BCUT2D eigenvalue weighted by atomic mass is 19.1. The van der Waals surface area contributed by atoms with Crippen molar-refractivity contribution in [1.29, 1.82) is 0 Å². The van der Waals surface area contributed by atoms with Gasteiger partial charge in [-0.05, 0) is 61.4 Å². The topological polar surface area (TPSA) is 92.1 Å². The highest BCUT2D eigenvalue weighted by molar-refractivity contribution is 5.72. The molecule has 0 saturated carbocycles. The van der Waals surface area contributed by atoms with Gasteiger partial charge < -0.3 is 15.7 Å². The summed E-state index contributed by atoms with van der Waals surface area (Å²) in [7, 11) is 0. The normalized spacial score (nSPS) is 11.9. The Balaban J connectivity index is 1.98. The van der Waals surface area contributed by atoms with Crippen molar-refractivity contribution in [2.24, 2.45) is 0 Å². The lowest BCUT2D eigenvalue weighted by Gasteiger charge is -2.11. The zero-order valence-electron chi connectivity index (χ0n) is 15.9. The molecule has 28 heavy (non-hydrogen) atoms. The molecule has 1 amide bonds. The van der Waals surface area contributed by atoms with Crippen molar-refractivity contribution in [1.82, 2.24) is 20.1 Å². The Morgan fingerprint density at radius 3 is 2.61 bits per heavy atom. The number of anilines is 2. The summed E-state index contributed by atoms with van der Waals surface area (Å²) in [4.78, 5) is 15.8. The van der Waals surface area contributed by atoms with E-state index in [4.69, 9.17) is 0 Å². The summed E-state index contributed by atoms with van der Waals surface area (Å²) >= 11 is 0. The first kappa shape index (κ1) is 19.5. The number of carbonyl (C=O) groups is 1. The zero-order valence-corrected chi connectivity index (χ0v) is 15.9. The smallest absolute Gasteiger partial charge is 0.217 e. The van der Waals surface area contributed by atoms with Crippen molar-refractivity contribution in [3.05, 3.63) is 65.2 Å². The molecule has 146 valence electrons. The minimum absolute atomic E-state index is 0.141. The Morgan fingerprint density at radius 2 is 2.00 bits per heavy atom. The van der Waals surface area contributed by atoms with Crippen LogP contribution in [0.4, 0.5) is 15.9 Å². The molecule has 0 aliphatic heterocycles. The average molecular weight is 383 g/mol. The molecule has 3 aromatic rings. The third kappa shape index (κ3) is 4.72. The number of nitrogens with one attached hydrogen (secondary N) is 2. The molecule has 2 heterocycles. The Kier molecular flexibility index (Phi) is 5.70. The van der Waals surface area contributed by atoms with Gasteiger partial charge in [-0.3, -0.25) is 4.79 Å². The lowest BCUT2D eigenvalue weighted by atomic mass is 10.2. The Bertz CT molecular complexity index is 983. The Morgan fingerprint density at radius 1 is 1.29 bits per heavy atom. The minimum atomic E-state index is -0.694. The van der Waals surface area contributed by atoms with Crippen LogP contribution in [0.15, 0.2) is 42.6 Å². The number of aromatic nitrogens is 3. The van der Waals surface area contributed by atoms with E-state index in [1.807, 2.05) is 13.0 Å². The lowest BCUT2D eigenvalue weighted by Crippen LogP contribution is -2.19. The van der Waals surface area contributed by atoms with Crippen molar-refractivity contribution in [2.45, 2.75) is 33.4 Å². The number of hydrogen-bond acceptors (Lipinski definition) is 5. The molecule has 0 spiro atoms. The maximum Gasteiger partial charge on any atom is 0.217 e. The molecule has 0 radical (unpaired) electrons. The molecule has 0 aliphatic carbocycles. The first-order chi connectivity index (χ1) is 13.3. The molecule has 1 aromatic carbocycles. The molecule has 0 saturated heterocycles. The molecule has 8 heteroatoms. The molecule has 2 aromatic heterocycles. The van der Waals surface area contributed by atoms with Crippen molar-refractivity contribution in [2.75, 3.05) is 5.32 Å². The molecule has 0 fully saturated rings. The zero-order chi connectivity index (χ0) is 20.3. The van der Waals surface area contributed by atoms with Gasteiger partial charge in [-0.25, -0.2) is 14.1 Å². The average Bonchev–Trinajstić information content (AvgIpc) is 3.04. The molecule has 0 aliphatic rings. The summed E-state index contributed by atoms with van der Waals surface area (Å²) in [5.74, 6) is 0.590. The Labute approximate surface area is 162 Å². The summed E-state index contributed by atoms with van der Waals surface area (Å²) in [6, 6.07) is 9.55. The van der Waals surface area contributed by atoms with Gasteiger partial charge in [-0.2, -0.15) is 5.10 Å². The molecule has 0 bridgehead atoms. The predicted octanol–water partition coefficient (Wildman–Crippen LogP) is 3.15. The highest BCUT2D eigenvalue weighted by Gasteiger charge is 2.13. The summed E-state index contributed by atoms with van der Waals surface area (Å²) < 4.78 is 14.7.